The van der Waals surface area contributed by atoms with Crippen molar-refractivity contribution in [2.75, 3.05) is 5.32 Å². The van der Waals surface area contributed by atoms with E-state index in [0.717, 1.165) is 6.20 Å². The highest BCUT2D eigenvalue weighted by Crippen LogP contribution is 2.20. The molecule has 1 amide bonds. The van der Waals surface area contributed by atoms with Gasteiger partial charge in [0.05, 0.1) is 16.4 Å². The zero-order valence-electron chi connectivity index (χ0n) is 8.48. The number of nitrogens with one attached hydrogen (secondary N) is 2. The number of anilines is 1. The smallest absolute Gasteiger partial charge is 0.275 e. The predicted octanol–water partition coefficient (Wildman–Crippen LogP) is 1.18. The Morgan fingerprint density at radius 3 is 2.88 bits per heavy atom. The molecule has 2 aromatic heterocycles. The molecule has 7 heteroatoms. The summed E-state index contributed by atoms with van der Waals surface area (Å²) in [5.41, 5.74) is 0.359. The molecule has 0 aliphatic rings. The number of aromatic nitrogens is 3. The molecule has 0 radical (unpaired) electrons. The van der Waals surface area contributed by atoms with Crippen molar-refractivity contribution in [2.45, 2.75) is 0 Å². The SMILES string of the molecule is O=C(Nc1ccncc1Br)c1c[nH]c(=O)cn1. The molecule has 0 unspecified atom stereocenters. The zero-order valence-corrected chi connectivity index (χ0v) is 10.1. The Morgan fingerprint density at radius 1 is 1.41 bits per heavy atom. The van der Waals surface area contributed by atoms with Crippen LogP contribution in [0.2, 0.25) is 0 Å². The summed E-state index contributed by atoms with van der Waals surface area (Å²) in [6.07, 6.45) is 5.43. The number of hydrogen-bond acceptors (Lipinski definition) is 4. The van der Waals surface area contributed by atoms with Crippen LogP contribution in [-0.2, 0) is 0 Å². The highest BCUT2D eigenvalue weighted by molar-refractivity contribution is 9.10. The van der Waals surface area contributed by atoms with Gasteiger partial charge in [0.15, 0.2) is 0 Å². The first-order valence-electron chi connectivity index (χ1n) is 4.62. The van der Waals surface area contributed by atoms with Gasteiger partial charge >= 0.3 is 0 Å². The summed E-state index contributed by atoms with van der Waals surface area (Å²) in [7, 11) is 0. The summed E-state index contributed by atoms with van der Waals surface area (Å²) in [6, 6.07) is 1.65. The fourth-order valence-electron chi connectivity index (χ4n) is 1.13. The van der Waals surface area contributed by atoms with Crippen molar-refractivity contribution in [3.8, 4) is 0 Å². The molecule has 6 nitrogen and oxygen atoms in total. The maximum Gasteiger partial charge on any atom is 0.275 e. The number of H-pyrrole nitrogens is 1. The minimum absolute atomic E-state index is 0.133. The van der Waals surface area contributed by atoms with E-state index in [0.29, 0.717) is 10.2 Å². The third-order valence-corrected chi connectivity index (χ3v) is 2.56. The molecular weight excluding hydrogens is 288 g/mol. The van der Waals surface area contributed by atoms with E-state index in [-0.39, 0.29) is 11.3 Å². The van der Waals surface area contributed by atoms with Gasteiger partial charge in [0.1, 0.15) is 5.69 Å². The molecule has 0 saturated heterocycles. The Balaban J connectivity index is 2.20. The first-order chi connectivity index (χ1) is 8.16. The van der Waals surface area contributed by atoms with Crippen molar-refractivity contribution in [1.29, 1.82) is 0 Å². The summed E-state index contributed by atoms with van der Waals surface area (Å²) in [4.78, 5) is 32.5. The summed E-state index contributed by atoms with van der Waals surface area (Å²) in [5.74, 6) is -0.409. The number of rotatable bonds is 2. The molecule has 0 aromatic carbocycles. The lowest BCUT2D eigenvalue weighted by Gasteiger charge is -2.05. The summed E-state index contributed by atoms with van der Waals surface area (Å²) in [6.45, 7) is 0. The summed E-state index contributed by atoms with van der Waals surface area (Å²) in [5, 5.41) is 2.64. The molecule has 2 heterocycles. The number of amides is 1. The van der Waals surface area contributed by atoms with E-state index < -0.39 is 5.91 Å². The minimum atomic E-state index is -0.409. The summed E-state index contributed by atoms with van der Waals surface area (Å²) < 4.78 is 0.665. The van der Waals surface area contributed by atoms with Gasteiger partial charge in [-0.3, -0.25) is 14.6 Å². The molecule has 0 aliphatic carbocycles. The van der Waals surface area contributed by atoms with Gasteiger partial charge in [-0.05, 0) is 22.0 Å². The molecule has 2 rings (SSSR count). The molecule has 86 valence electrons. The second kappa shape index (κ2) is 4.88. The van der Waals surface area contributed by atoms with Crippen molar-refractivity contribution in [3.05, 3.63) is 51.4 Å². The maximum absolute atomic E-state index is 11.7. The largest absolute Gasteiger partial charge is 0.325 e. The quantitative estimate of drug-likeness (QED) is 0.871. The lowest BCUT2D eigenvalue weighted by atomic mass is 10.3. The predicted molar refractivity (Wildman–Crippen MR) is 64.7 cm³/mol. The molecule has 0 aliphatic heterocycles. The summed E-state index contributed by atoms with van der Waals surface area (Å²) >= 11 is 3.25. The van der Waals surface area contributed by atoms with Crippen LogP contribution in [0.15, 0.2) is 40.1 Å². The highest BCUT2D eigenvalue weighted by Gasteiger charge is 2.09. The van der Waals surface area contributed by atoms with Gasteiger partial charge in [0.2, 0.25) is 0 Å². The van der Waals surface area contributed by atoms with Crippen LogP contribution >= 0.6 is 15.9 Å². The molecule has 0 saturated carbocycles. The van der Waals surface area contributed by atoms with Gasteiger partial charge in [-0.2, -0.15) is 0 Å². The molecule has 2 N–H and O–H groups in total. The second-order valence-corrected chi connectivity index (χ2v) is 3.96. The van der Waals surface area contributed by atoms with Crippen molar-refractivity contribution in [3.63, 3.8) is 0 Å². The average molecular weight is 295 g/mol. The molecule has 0 bridgehead atoms. The Morgan fingerprint density at radius 2 is 2.24 bits per heavy atom. The molecular formula is C10H7BrN4O2. The fourth-order valence-corrected chi connectivity index (χ4v) is 1.48. The maximum atomic E-state index is 11.7. The van der Waals surface area contributed by atoms with Gasteiger partial charge in [-0.1, -0.05) is 0 Å². The van der Waals surface area contributed by atoms with E-state index in [9.17, 15) is 9.59 Å². The van der Waals surface area contributed by atoms with Gasteiger partial charge in [0.25, 0.3) is 11.5 Å². The monoisotopic (exact) mass is 294 g/mol. The topological polar surface area (TPSA) is 87.7 Å². The third kappa shape index (κ3) is 2.76. The highest BCUT2D eigenvalue weighted by atomic mass is 79.9. The normalized spacial score (nSPS) is 9.94. The van der Waals surface area contributed by atoms with E-state index in [4.69, 9.17) is 0 Å². The Labute approximate surface area is 104 Å². The number of carbonyl (C=O) groups is 1. The third-order valence-electron chi connectivity index (χ3n) is 1.93. The van der Waals surface area contributed by atoms with Crippen molar-refractivity contribution < 1.29 is 4.79 Å². The van der Waals surface area contributed by atoms with Crippen molar-refractivity contribution in [2.24, 2.45) is 0 Å². The van der Waals surface area contributed by atoms with Crippen LogP contribution in [0, 0.1) is 0 Å². The number of carbonyl (C=O) groups excluding carboxylic acids is 1. The Kier molecular flexibility index (Phi) is 3.29. The first-order valence-corrected chi connectivity index (χ1v) is 5.42. The minimum Gasteiger partial charge on any atom is -0.325 e. The number of pyridine rings is 1. The second-order valence-electron chi connectivity index (χ2n) is 3.11. The van der Waals surface area contributed by atoms with Crippen LogP contribution in [0.1, 0.15) is 10.5 Å². The Hall–Kier alpha value is -2.02. The van der Waals surface area contributed by atoms with Gasteiger partial charge < -0.3 is 10.3 Å². The van der Waals surface area contributed by atoms with Gasteiger partial charge in [0, 0.05) is 18.6 Å². The number of halogens is 1. The molecule has 2 aromatic rings. The fraction of sp³-hybridized carbons (Fsp3) is 0. The lowest BCUT2D eigenvalue weighted by molar-refractivity contribution is 0.102. The standard InChI is InChI=1S/C10H7BrN4O2/c11-6-3-12-2-1-7(6)15-10(17)8-4-14-9(16)5-13-8/h1-5H,(H,14,16)(H,12,15,17). The van der Waals surface area contributed by atoms with Gasteiger partial charge in [-0.25, -0.2) is 4.98 Å². The van der Waals surface area contributed by atoms with Crippen molar-refractivity contribution in [1.82, 2.24) is 15.0 Å². The van der Waals surface area contributed by atoms with Crippen LogP contribution in [-0.4, -0.2) is 20.9 Å². The first kappa shape index (κ1) is 11.5. The number of aromatic amines is 1. The Bertz CT molecular complexity index is 591. The van der Waals surface area contributed by atoms with Crippen LogP contribution in [0.25, 0.3) is 0 Å². The van der Waals surface area contributed by atoms with Crippen molar-refractivity contribution >= 4 is 27.5 Å². The van der Waals surface area contributed by atoms with E-state index >= 15 is 0 Å². The van der Waals surface area contributed by atoms with E-state index in [2.05, 4.69) is 36.2 Å². The number of nitrogens with zero attached hydrogens (tertiary/aromatic N) is 2. The molecule has 0 spiro atoms. The van der Waals surface area contributed by atoms with Crippen LogP contribution in [0.4, 0.5) is 5.69 Å². The van der Waals surface area contributed by atoms with E-state index in [1.165, 1.54) is 6.20 Å². The average Bonchev–Trinajstić information content (AvgIpc) is 2.33. The number of hydrogen-bond donors (Lipinski definition) is 2. The van der Waals surface area contributed by atoms with E-state index in [1.54, 1.807) is 18.5 Å². The van der Waals surface area contributed by atoms with Crippen LogP contribution < -0.4 is 10.9 Å². The lowest BCUT2D eigenvalue weighted by Crippen LogP contribution is -2.17. The molecule has 0 atom stereocenters. The molecule has 0 fully saturated rings. The van der Waals surface area contributed by atoms with Gasteiger partial charge in [-0.15, -0.1) is 0 Å². The van der Waals surface area contributed by atoms with E-state index in [1.807, 2.05) is 0 Å². The van der Waals surface area contributed by atoms with Crippen LogP contribution in [0.3, 0.4) is 0 Å². The zero-order chi connectivity index (χ0) is 12.3. The van der Waals surface area contributed by atoms with Crippen LogP contribution in [0.5, 0.6) is 0 Å². The molecule has 17 heavy (non-hydrogen) atoms.